The summed E-state index contributed by atoms with van der Waals surface area (Å²) in [5, 5.41) is 0. The van der Waals surface area contributed by atoms with Crippen LogP contribution >= 0.6 is 0 Å². The van der Waals surface area contributed by atoms with Crippen molar-refractivity contribution < 1.29 is 9.53 Å². The van der Waals surface area contributed by atoms with Gasteiger partial charge in [-0.1, -0.05) is 6.07 Å². The van der Waals surface area contributed by atoms with Crippen molar-refractivity contribution >= 4 is 5.91 Å². The molecule has 4 heteroatoms. The zero-order valence-corrected chi connectivity index (χ0v) is 9.64. The van der Waals surface area contributed by atoms with Crippen LogP contribution in [0.1, 0.15) is 31.4 Å². The summed E-state index contributed by atoms with van der Waals surface area (Å²) >= 11 is 0. The summed E-state index contributed by atoms with van der Waals surface area (Å²) < 4.78 is 5.01. The lowest BCUT2D eigenvalue weighted by Gasteiger charge is -2.23. The molecule has 1 aliphatic heterocycles. The number of amides is 1. The Morgan fingerprint density at radius 1 is 1.56 bits per heavy atom. The lowest BCUT2D eigenvalue weighted by atomic mass is 10.1. The van der Waals surface area contributed by atoms with Crippen LogP contribution in [0.4, 0.5) is 0 Å². The fourth-order valence-corrected chi connectivity index (χ4v) is 2.20. The van der Waals surface area contributed by atoms with Crippen molar-refractivity contribution in [3.05, 3.63) is 23.9 Å². The first-order valence-corrected chi connectivity index (χ1v) is 5.49. The van der Waals surface area contributed by atoms with Crippen LogP contribution in [0.5, 0.6) is 5.88 Å². The Morgan fingerprint density at radius 3 is 2.94 bits per heavy atom. The van der Waals surface area contributed by atoms with E-state index in [4.69, 9.17) is 4.74 Å². The molecule has 2 heterocycles. The Hall–Kier alpha value is -1.58. The monoisotopic (exact) mass is 220 g/mol. The Labute approximate surface area is 95.2 Å². The molecule has 86 valence electrons. The second-order valence-corrected chi connectivity index (χ2v) is 4.00. The zero-order valence-electron chi connectivity index (χ0n) is 9.64. The van der Waals surface area contributed by atoms with E-state index in [1.807, 2.05) is 17.0 Å². The molecule has 4 nitrogen and oxygen atoms in total. The predicted octanol–water partition coefficient (Wildman–Crippen LogP) is 1.77. The van der Waals surface area contributed by atoms with Gasteiger partial charge in [-0.15, -0.1) is 0 Å². The number of pyridine rings is 1. The first-order valence-electron chi connectivity index (χ1n) is 5.49. The smallest absolute Gasteiger partial charge is 0.219 e. The minimum Gasteiger partial charge on any atom is -0.481 e. The maximum atomic E-state index is 11.4. The fourth-order valence-electron chi connectivity index (χ4n) is 2.20. The van der Waals surface area contributed by atoms with Crippen LogP contribution in [0.2, 0.25) is 0 Å². The maximum Gasteiger partial charge on any atom is 0.219 e. The molecule has 1 aromatic heterocycles. The molecule has 0 radical (unpaired) electrons. The number of carbonyl (C=O) groups is 1. The van der Waals surface area contributed by atoms with Crippen LogP contribution in [-0.2, 0) is 4.79 Å². The first-order chi connectivity index (χ1) is 7.72. The summed E-state index contributed by atoms with van der Waals surface area (Å²) in [5.41, 5.74) is 1.09. The molecule has 0 N–H and O–H groups in total. The van der Waals surface area contributed by atoms with Gasteiger partial charge in [-0.05, 0) is 18.4 Å². The number of hydrogen-bond donors (Lipinski definition) is 0. The minimum atomic E-state index is 0.137. The Balaban J connectivity index is 2.19. The van der Waals surface area contributed by atoms with Gasteiger partial charge in [-0.3, -0.25) is 4.79 Å². The van der Waals surface area contributed by atoms with Gasteiger partial charge in [0.2, 0.25) is 11.8 Å². The Kier molecular flexibility index (Phi) is 3.08. The van der Waals surface area contributed by atoms with Crippen molar-refractivity contribution in [2.45, 2.75) is 25.8 Å². The SMILES string of the molecule is COc1ccc([C@H]2CCCN2C(C)=O)cn1. The van der Waals surface area contributed by atoms with Crippen LogP contribution in [0.3, 0.4) is 0 Å². The van der Waals surface area contributed by atoms with E-state index >= 15 is 0 Å². The molecule has 1 saturated heterocycles. The van der Waals surface area contributed by atoms with Crippen LogP contribution in [0.25, 0.3) is 0 Å². The van der Waals surface area contributed by atoms with E-state index in [1.54, 1.807) is 20.2 Å². The van der Waals surface area contributed by atoms with E-state index in [0.29, 0.717) is 5.88 Å². The highest BCUT2D eigenvalue weighted by atomic mass is 16.5. The second kappa shape index (κ2) is 4.51. The average molecular weight is 220 g/mol. The second-order valence-electron chi connectivity index (χ2n) is 4.00. The lowest BCUT2D eigenvalue weighted by molar-refractivity contribution is -0.129. The minimum absolute atomic E-state index is 0.137. The molecule has 0 aliphatic carbocycles. The molecule has 1 aliphatic rings. The van der Waals surface area contributed by atoms with Crippen molar-refractivity contribution in [1.82, 2.24) is 9.88 Å². The van der Waals surface area contributed by atoms with Gasteiger partial charge in [0.05, 0.1) is 13.2 Å². The zero-order chi connectivity index (χ0) is 11.5. The van der Waals surface area contributed by atoms with Crippen LogP contribution in [0.15, 0.2) is 18.3 Å². The number of likely N-dealkylation sites (tertiary alicyclic amines) is 1. The summed E-state index contributed by atoms with van der Waals surface area (Å²) in [7, 11) is 1.60. The first kappa shape index (κ1) is 10.9. The normalized spacial score (nSPS) is 19.9. The van der Waals surface area contributed by atoms with Gasteiger partial charge >= 0.3 is 0 Å². The van der Waals surface area contributed by atoms with Gasteiger partial charge in [0.1, 0.15) is 0 Å². The standard InChI is InChI=1S/C12H16N2O2/c1-9(15)14-7-3-4-11(14)10-5-6-12(16-2)13-8-10/h5-6,8,11H,3-4,7H2,1-2H3/t11-/m1/s1. The van der Waals surface area contributed by atoms with Gasteiger partial charge in [-0.2, -0.15) is 0 Å². The van der Waals surface area contributed by atoms with E-state index < -0.39 is 0 Å². The van der Waals surface area contributed by atoms with E-state index in [2.05, 4.69) is 4.98 Å². The summed E-state index contributed by atoms with van der Waals surface area (Å²) in [6.45, 7) is 2.47. The molecular weight excluding hydrogens is 204 g/mol. The number of ether oxygens (including phenoxy) is 1. The van der Waals surface area contributed by atoms with Crippen LogP contribution in [-0.4, -0.2) is 29.4 Å². The Morgan fingerprint density at radius 2 is 2.38 bits per heavy atom. The molecule has 0 bridgehead atoms. The average Bonchev–Trinajstić information content (AvgIpc) is 2.78. The maximum absolute atomic E-state index is 11.4. The third-order valence-electron chi connectivity index (χ3n) is 3.01. The number of carbonyl (C=O) groups excluding carboxylic acids is 1. The number of rotatable bonds is 2. The van der Waals surface area contributed by atoms with E-state index in [1.165, 1.54) is 0 Å². The van der Waals surface area contributed by atoms with Crippen LogP contribution < -0.4 is 4.74 Å². The van der Waals surface area contributed by atoms with Crippen molar-refractivity contribution in [2.75, 3.05) is 13.7 Å². The van der Waals surface area contributed by atoms with Gasteiger partial charge in [-0.25, -0.2) is 4.98 Å². The third kappa shape index (κ3) is 2.01. The molecule has 0 unspecified atom stereocenters. The number of nitrogens with zero attached hydrogens (tertiary/aromatic N) is 2. The van der Waals surface area contributed by atoms with E-state index in [-0.39, 0.29) is 11.9 Å². The number of aromatic nitrogens is 1. The molecule has 0 saturated carbocycles. The van der Waals surface area contributed by atoms with E-state index in [9.17, 15) is 4.79 Å². The fraction of sp³-hybridized carbons (Fsp3) is 0.500. The van der Waals surface area contributed by atoms with Crippen molar-refractivity contribution in [3.8, 4) is 5.88 Å². The largest absolute Gasteiger partial charge is 0.481 e. The molecule has 16 heavy (non-hydrogen) atoms. The van der Waals surface area contributed by atoms with Crippen molar-refractivity contribution in [2.24, 2.45) is 0 Å². The molecule has 0 aromatic carbocycles. The number of methoxy groups -OCH3 is 1. The summed E-state index contributed by atoms with van der Waals surface area (Å²) in [6, 6.07) is 4.01. The molecule has 1 amide bonds. The van der Waals surface area contributed by atoms with Gasteiger partial charge in [0.15, 0.2) is 0 Å². The molecule has 1 atom stereocenters. The molecular formula is C12H16N2O2. The Bertz CT molecular complexity index is 375. The molecule has 1 aromatic rings. The summed E-state index contributed by atoms with van der Waals surface area (Å²) in [5.74, 6) is 0.745. The summed E-state index contributed by atoms with van der Waals surface area (Å²) in [6.07, 6.45) is 3.88. The predicted molar refractivity (Wildman–Crippen MR) is 60.2 cm³/mol. The molecule has 1 fully saturated rings. The highest BCUT2D eigenvalue weighted by molar-refractivity contribution is 5.74. The highest BCUT2D eigenvalue weighted by Gasteiger charge is 2.27. The van der Waals surface area contributed by atoms with Gasteiger partial charge in [0.25, 0.3) is 0 Å². The van der Waals surface area contributed by atoms with Gasteiger partial charge in [0, 0.05) is 25.7 Å². The molecule has 0 spiro atoms. The van der Waals surface area contributed by atoms with Crippen LogP contribution in [0, 0.1) is 0 Å². The topological polar surface area (TPSA) is 42.4 Å². The summed E-state index contributed by atoms with van der Waals surface area (Å²) in [4.78, 5) is 17.5. The lowest BCUT2D eigenvalue weighted by Crippen LogP contribution is -2.28. The molecule has 2 rings (SSSR count). The number of hydrogen-bond acceptors (Lipinski definition) is 3. The van der Waals surface area contributed by atoms with Crippen molar-refractivity contribution in [1.29, 1.82) is 0 Å². The van der Waals surface area contributed by atoms with E-state index in [0.717, 1.165) is 24.9 Å². The third-order valence-corrected chi connectivity index (χ3v) is 3.01. The highest BCUT2D eigenvalue weighted by Crippen LogP contribution is 2.31. The quantitative estimate of drug-likeness (QED) is 0.763. The van der Waals surface area contributed by atoms with Gasteiger partial charge < -0.3 is 9.64 Å². The van der Waals surface area contributed by atoms with Crippen molar-refractivity contribution in [3.63, 3.8) is 0 Å².